The van der Waals surface area contributed by atoms with E-state index in [1.807, 2.05) is 0 Å². The van der Waals surface area contributed by atoms with Crippen molar-refractivity contribution in [2.45, 2.75) is 29.9 Å². The highest BCUT2D eigenvalue weighted by atomic mass is 35.5. The van der Waals surface area contributed by atoms with Gasteiger partial charge in [-0.3, -0.25) is 9.59 Å². The average molecular weight is 447 g/mol. The molecule has 0 spiro atoms. The Kier molecular flexibility index (Phi) is 5.45. The molecule has 2 heterocycles. The second-order valence-electron chi connectivity index (χ2n) is 7.85. The number of fused-ring (bicyclic) bond motifs is 3. The number of carbonyl (C=O) groups excluding carboxylic acids is 1. The lowest BCUT2D eigenvalue weighted by Crippen LogP contribution is -2.56. The van der Waals surface area contributed by atoms with Crippen molar-refractivity contribution in [2.24, 2.45) is 23.7 Å². The lowest BCUT2D eigenvalue weighted by atomic mass is 9.58. The molecule has 7 nitrogen and oxygen atoms in total. The number of nitrogens with zero attached hydrogens (tertiary/aromatic N) is 2. The van der Waals surface area contributed by atoms with Gasteiger partial charge in [0.2, 0.25) is 5.91 Å². The maximum Gasteiger partial charge on any atom is 0.307 e. The van der Waals surface area contributed by atoms with Gasteiger partial charge in [-0.1, -0.05) is 11.6 Å². The van der Waals surface area contributed by atoms with E-state index in [2.05, 4.69) is 0 Å². The molecule has 1 aromatic heterocycles. The number of carbonyl (C=O) groups is 2. The lowest BCUT2D eigenvalue weighted by Gasteiger charge is -2.48. The van der Waals surface area contributed by atoms with Crippen LogP contribution in [-0.4, -0.2) is 60.8 Å². The van der Waals surface area contributed by atoms with Crippen molar-refractivity contribution in [1.29, 1.82) is 0 Å². The zero-order chi connectivity index (χ0) is 20.1. The standard InChI is InChI=1S/C18H23ClN2O5S2/c19-13-5-6-14(27-13)28(25,26)21-9-7-20(8-10-21)17(22)15-11-1-3-12(4-2-11)16(15)18(23)24/h5-6,11-12,15-16H,1-4,7-10H2,(H,23,24)/t11?,12?,15-,16-/m1/s1. The van der Waals surface area contributed by atoms with Crippen LogP contribution in [0, 0.1) is 23.7 Å². The van der Waals surface area contributed by atoms with E-state index in [0.717, 1.165) is 37.0 Å². The minimum Gasteiger partial charge on any atom is -0.481 e. The number of amides is 1. The summed E-state index contributed by atoms with van der Waals surface area (Å²) in [6.45, 7) is 0.999. The number of rotatable bonds is 4. The third kappa shape index (κ3) is 3.46. The second-order valence-corrected chi connectivity index (χ2v) is 11.7. The summed E-state index contributed by atoms with van der Waals surface area (Å²) in [7, 11) is -3.61. The van der Waals surface area contributed by atoms with Crippen molar-refractivity contribution in [1.82, 2.24) is 9.21 Å². The Morgan fingerprint density at radius 1 is 1.00 bits per heavy atom. The summed E-state index contributed by atoms with van der Waals surface area (Å²) in [5.41, 5.74) is 0. The third-order valence-corrected chi connectivity index (χ3v) is 10.1. The van der Waals surface area contributed by atoms with Crippen LogP contribution in [0.4, 0.5) is 0 Å². The molecule has 0 radical (unpaired) electrons. The van der Waals surface area contributed by atoms with E-state index in [1.165, 1.54) is 10.4 Å². The van der Waals surface area contributed by atoms with Crippen LogP contribution < -0.4 is 0 Å². The summed E-state index contributed by atoms with van der Waals surface area (Å²) in [5, 5.41) is 9.69. The molecular weight excluding hydrogens is 424 g/mol. The molecule has 2 atom stereocenters. The molecule has 0 aromatic carbocycles. The number of halogens is 1. The molecule has 1 amide bonds. The molecule has 3 saturated carbocycles. The zero-order valence-electron chi connectivity index (χ0n) is 15.3. The largest absolute Gasteiger partial charge is 0.481 e. The highest BCUT2D eigenvalue weighted by Crippen LogP contribution is 2.49. The minimum atomic E-state index is -3.61. The fourth-order valence-electron chi connectivity index (χ4n) is 5.08. The quantitative estimate of drug-likeness (QED) is 0.766. The van der Waals surface area contributed by atoms with Gasteiger partial charge in [0.05, 0.1) is 16.2 Å². The van der Waals surface area contributed by atoms with Gasteiger partial charge in [-0.05, 0) is 49.7 Å². The molecule has 1 aromatic rings. The predicted octanol–water partition coefficient (Wildman–Crippen LogP) is 2.37. The Morgan fingerprint density at radius 2 is 1.57 bits per heavy atom. The molecule has 4 aliphatic rings. The van der Waals surface area contributed by atoms with Crippen LogP contribution in [-0.2, 0) is 19.6 Å². The second kappa shape index (κ2) is 7.59. The number of thiophene rings is 1. The first-order chi connectivity index (χ1) is 13.3. The van der Waals surface area contributed by atoms with Gasteiger partial charge in [-0.2, -0.15) is 4.31 Å². The van der Waals surface area contributed by atoms with E-state index in [-0.39, 0.29) is 48.1 Å². The Bertz CT molecular complexity index is 870. The molecule has 0 unspecified atom stereocenters. The SMILES string of the molecule is O=C(O)[C@@H]1C2CCC(CC2)[C@H]1C(=O)N1CCN(S(=O)(=O)c2ccc(Cl)s2)CC1. The summed E-state index contributed by atoms with van der Waals surface area (Å²) in [4.78, 5) is 26.6. The van der Waals surface area contributed by atoms with Crippen LogP contribution in [0.15, 0.2) is 16.3 Å². The first kappa shape index (κ1) is 20.1. The Hall–Kier alpha value is -1.16. The Morgan fingerprint density at radius 3 is 2.07 bits per heavy atom. The minimum absolute atomic E-state index is 0.0849. The van der Waals surface area contributed by atoms with Gasteiger partial charge in [0.15, 0.2) is 0 Å². The Labute approximate surface area is 173 Å². The van der Waals surface area contributed by atoms with Crippen LogP contribution in [0.2, 0.25) is 4.34 Å². The summed E-state index contributed by atoms with van der Waals surface area (Å²) in [5.74, 6) is -1.84. The first-order valence-corrected chi connectivity index (χ1v) is 12.2. The maximum absolute atomic E-state index is 13.2. The molecule has 4 fully saturated rings. The predicted molar refractivity (Wildman–Crippen MR) is 105 cm³/mol. The number of carboxylic acids is 1. The first-order valence-electron chi connectivity index (χ1n) is 9.56. The van der Waals surface area contributed by atoms with Crippen molar-refractivity contribution in [3.05, 3.63) is 16.5 Å². The number of sulfonamides is 1. The summed E-state index contributed by atoms with van der Waals surface area (Å²) in [6, 6.07) is 3.05. The molecule has 1 N–H and O–H groups in total. The number of piperazine rings is 1. The highest BCUT2D eigenvalue weighted by Gasteiger charge is 2.51. The molecule has 1 saturated heterocycles. The summed E-state index contributed by atoms with van der Waals surface area (Å²) in [6.07, 6.45) is 3.61. The fourth-order valence-corrected chi connectivity index (χ4v) is 8.14. The maximum atomic E-state index is 13.2. The van der Waals surface area contributed by atoms with Crippen LogP contribution in [0.1, 0.15) is 25.7 Å². The number of aliphatic carboxylic acids is 1. The van der Waals surface area contributed by atoms with Gasteiger partial charge in [-0.25, -0.2) is 8.42 Å². The molecule has 1 aliphatic heterocycles. The average Bonchev–Trinajstić information content (AvgIpc) is 3.15. The van der Waals surface area contributed by atoms with E-state index >= 15 is 0 Å². The summed E-state index contributed by atoms with van der Waals surface area (Å²) >= 11 is 6.88. The van der Waals surface area contributed by atoms with E-state index in [0.29, 0.717) is 4.34 Å². The van der Waals surface area contributed by atoms with Gasteiger partial charge >= 0.3 is 5.97 Å². The van der Waals surface area contributed by atoms with Gasteiger partial charge < -0.3 is 10.0 Å². The van der Waals surface area contributed by atoms with Crippen molar-refractivity contribution < 1.29 is 23.1 Å². The van der Waals surface area contributed by atoms with Gasteiger partial charge in [0.25, 0.3) is 10.0 Å². The summed E-state index contributed by atoms with van der Waals surface area (Å²) < 4.78 is 27.4. The molecule has 10 heteroatoms. The lowest BCUT2D eigenvalue weighted by molar-refractivity contribution is -0.162. The topological polar surface area (TPSA) is 95.0 Å². The van der Waals surface area contributed by atoms with Crippen molar-refractivity contribution in [2.75, 3.05) is 26.2 Å². The molecule has 154 valence electrons. The van der Waals surface area contributed by atoms with Gasteiger partial charge in [-0.15, -0.1) is 11.3 Å². The van der Waals surface area contributed by atoms with Gasteiger partial charge in [0, 0.05) is 26.2 Å². The highest BCUT2D eigenvalue weighted by molar-refractivity contribution is 7.91. The normalized spacial score (nSPS) is 31.1. The molecule has 3 aliphatic carbocycles. The van der Waals surface area contributed by atoms with Crippen molar-refractivity contribution in [3.63, 3.8) is 0 Å². The van der Waals surface area contributed by atoms with E-state index in [9.17, 15) is 23.1 Å². The van der Waals surface area contributed by atoms with Crippen LogP contribution in [0.25, 0.3) is 0 Å². The monoisotopic (exact) mass is 446 g/mol. The number of carboxylic acid groups (broad SMARTS) is 1. The van der Waals surface area contributed by atoms with Gasteiger partial charge in [0.1, 0.15) is 4.21 Å². The van der Waals surface area contributed by atoms with E-state index < -0.39 is 27.8 Å². The number of hydrogen-bond donors (Lipinski definition) is 1. The molecule has 5 rings (SSSR count). The fraction of sp³-hybridized carbons (Fsp3) is 0.667. The molecular formula is C18H23ClN2O5S2. The van der Waals surface area contributed by atoms with Crippen molar-refractivity contribution in [3.8, 4) is 0 Å². The van der Waals surface area contributed by atoms with E-state index in [1.54, 1.807) is 11.0 Å². The molecule has 28 heavy (non-hydrogen) atoms. The van der Waals surface area contributed by atoms with E-state index in [4.69, 9.17) is 11.6 Å². The zero-order valence-corrected chi connectivity index (χ0v) is 17.7. The smallest absolute Gasteiger partial charge is 0.307 e. The van der Waals surface area contributed by atoms with Crippen LogP contribution in [0.5, 0.6) is 0 Å². The van der Waals surface area contributed by atoms with Crippen LogP contribution >= 0.6 is 22.9 Å². The number of hydrogen-bond acceptors (Lipinski definition) is 5. The molecule has 2 bridgehead atoms. The van der Waals surface area contributed by atoms with Crippen LogP contribution in [0.3, 0.4) is 0 Å². The Balaban J connectivity index is 1.45. The third-order valence-electron chi connectivity index (χ3n) is 6.48. The van der Waals surface area contributed by atoms with Crippen molar-refractivity contribution >= 4 is 44.8 Å².